The SMILES string of the molecule is CCCCc1cc(O)cc2cc3c(nc12)-c1cc2c(c(=O)n1C3)COC(=O)[C@]2(O)CC. The lowest BCUT2D eigenvalue weighted by Crippen LogP contribution is -2.44. The minimum atomic E-state index is -1.83. The highest BCUT2D eigenvalue weighted by Gasteiger charge is 2.45. The number of carbonyl (C=O) groups is 1. The van der Waals surface area contributed by atoms with E-state index < -0.39 is 11.6 Å². The van der Waals surface area contributed by atoms with Crippen LogP contribution in [0.25, 0.3) is 22.3 Å². The maximum absolute atomic E-state index is 13.2. The van der Waals surface area contributed by atoms with Gasteiger partial charge in [-0.15, -0.1) is 0 Å². The smallest absolute Gasteiger partial charge is 0.343 e. The molecule has 0 bridgehead atoms. The Hall–Kier alpha value is -3.19. The zero-order valence-electron chi connectivity index (χ0n) is 17.6. The molecule has 2 aromatic heterocycles. The monoisotopic (exact) mass is 420 g/mol. The van der Waals surface area contributed by atoms with E-state index in [0.717, 1.165) is 41.3 Å². The Morgan fingerprint density at radius 2 is 2.00 bits per heavy atom. The standard InChI is InChI=1S/C24H24N2O5/c1-3-5-6-13-8-16(27)9-14-7-15-11-26-19(21(15)25-20(13)14)10-18-17(22(26)28)12-31-23(29)24(18,30)4-2/h7-10,27,30H,3-6,11-12H2,1-2H3/t24-/m0/s1. The van der Waals surface area contributed by atoms with E-state index in [1.807, 2.05) is 6.07 Å². The van der Waals surface area contributed by atoms with Crippen LogP contribution in [0.5, 0.6) is 5.75 Å². The molecule has 1 atom stereocenters. The number of aryl methyl sites for hydroxylation is 1. The zero-order chi connectivity index (χ0) is 21.9. The number of fused-ring (bicyclic) bond motifs is 5. The van der Waals surface area contributed by atoms with Crippen LogP contribution >= 0.6 is 0 Å². The molecule has 0 unspecified atom stereocenters. The highest BCUT2D eigenvalue weighted by atomic mass is 16.6. The van der Waals surface area contributed by atoms with E-state index in [9.17, 15) is 19.8 Å². The number of aromatic hydroxyl groups is 1. The van der Waals surface area contributed by atoms with Crippen LogP contribution in [0.2, 0.25) is 0 Å². The molecule has 0 radical (unpaired) electrons. The molecule has 0 fully saturated rings. The van der Waals surface area contributed by atoms with Crippen LogP contribution in [0.1, 0.15) is 55.4 Å². The number of phenolic OH excluding ortho intramolecular Hbond substituents is 1. The number of ether oxygens (including phenoxy) is 1. The van der Waals surface area contributed by atoms with Crippen molar-refractivity contribution in [3.63, 3.8) is 0 Å². The summed E-state index contributed by atoms with van der Waals surface area (Å²) < 4.78 is 6.73. The van der Waals surface area contributed by atoms with Gasteiger partial charge in [0.1, 0.15) is 12.4 Å². The average molecular weight is 420 g/mol. The number of phenols is 1. The van der Waals surface area contributed by atoms with Crippen LogP contribution in [-0.4, -0.2) is 25.7 Å². The first-order chi connectivity index (χ1) is 14.9. The fraction of sp³-hybridized carbons (Fsp3) is 0.375. The van der Waals surface area contributed by atoms with Crippen LogP contribution < -0.4 is 5.56 Å². The molecular weight excluding hydrogens is 396 g/mol. The van der Waals surface area contributed by atoms with Gasteiger partial charge in [-0.1, -0.05) is 20.3 Å². The number of rotatable bonds is 4. The quantitative estimate of drug-likeness (QED) is 0.492. The second-order valence-corrected chi connectivity index (χ2v) is 8.38. The molecule has 7 heteroatoms. The number of esters is 1. The number of hydrogen-bond acceptors (Lipinski definition) is 6. The Labute approximate surface area is 178 Å². The molecule has 7 nitrogen and oxygen atoms in total. The van der Waals surface area contributed by atoms with E-state index in [1.165, 1.54) is 0 Å². The molecule has 0 aliphatic carbocycles. The Kier molecular flexibility index (Phi) is 4.41. The molecule has 4 heterocycles. The molecule has 2 N–H and O–H groups in total. The molecule has 5 rings (SSSR count). The van der Waals surface area contributed by atoms with Crippen LogP contribution in [-0.2, 0) is 34.7 Å². The van der Waals surface area contributed by atoms with Crippen molar-refractivity contribution in [2.24, 2.45) is 0 Å². The van der Waals surface area contributed by atoms with Crippen molar-refractivity contribution in [1.29, 1.82) is 0 Å². The molecule has 0 spiro atoms. The van der Waals surface area contributed by atoms with Gasteiger partial charge in [0.15, 0.2) is 5.60 Å². The van der Waals surface area contributed by atoms with Crippen molar-refractivity contribution >= 4 is 16.9 Å². The van der Waals surface area contributed by atoms with Gasteiger partial charge in [0.25, 0.3) is 5.56 Å². The van der Waals surface area contributed by atoms with Crippen molar-refractivity contribution in [2.75, 3.05) is 0 Å². The summed E-state index contributed by atoms with van der Waals surface area (Å²) in [6.07, 6.45) is 2.91. The highest BCUT2D eigenvalue weighted by Crippen LogP contribution is 2.39. The third kappa shape index (κ3) is 2.80. The number of benzene rings is 1. The number of cyclic esters (lactones) is 1. The third-order valence-corrected chi connectivity index (χ3v) is 6.47. The van der Waals surface area contributed by atoms with Crippen molar-refractivity contribution in [2.45, 2.75) is 58.3 Å². The second kappa shape index (κ2) is 6.92. The molecule has 0 amide bonds. The Bertz CT molecular complexity index is 1310. The Morgan fingerprint density at radius 1 is 1.19 bits per heavy atom. The van der Waals surface area contributed by atoms with Gasteiger partial charge in [0, 0.05) is 16.5 Å². The third-order valence-electron chi connectivity index (χ3n) is 6.47. The van der Waals surface area contributed by atoms with Gasteiger partial charge in [-0.25, -0.2) is 9.78 Å². The number of aliphatic hydroxyl groups is 1. The van der Waals surface area contributed by atoms with Gasteiger partial charge < -0.3 is 19.5 Å². The molecule has 0 saturated heterocycles. The highest BCUT2D eigenvalue weighted by molar-refractivity contribution is 5.88. The first-order valence-corrected chi connectivity index (χ1v) is 10.7. The Morgan fingerprint density at radius 3 is 2.74 bits per heavy atom. The predicted octanol–water partition coefficient (Wildman–Crippen LogP) is 3.13. The normalized spacial score (nSPS) is 19.1. The van der Waals surface area contributed by atoms with E-state index in [-0.39, 0.29) is 24.3 Å². The molecule has 2 aliphatic rings. The van der Waals surface area contributed by atoms with E-state index in [2.05, 4.69) is 6.92 Å². The van der Waals surface area contributed by atoms with Crippen molar-refractivity contribution < 1.29 is 19.7 Å². The van der Waals surface area contributed by atoms with Gasteiger partial charge in [-0.05, 0) is 49.1 Å². The molecule has 1 aromatic carbocycles. The number of hydrogen-bond donors (Lipinski definition) is 2. The van der Waals surface area contributed by atoms with Crippen molar-refractivity contribution in [1.82, 2.24) is 9.55 Å². The summed E-state index contributed by atoms with van der Waals surface area (Å²) in [6, 6.07) is 7.12. The van der Waals surface area contributed by atoms with Crippen LogP contribution in [0, 0.1) is 0 Å². The van der Waals surface area contributed by atoms with E-state index in [0.29, 0.717) is 29.1 Å². The molecule has 160 valence electrons. The number of unbranched alkanes of at least 4 members (excludes halogenated alkanes) is 1. The number of aromatic nitrogens is 2. The lowest BCUT2D eigenvalue weighted by Gasteiger charge is -2.31. The molecule has 0 saturated carbocycles. The van der Waals surface area contributed by atoms with Gasteiger partial charge in [0.2, 0.25) is 0 Å². The largest absolute Gasteiger partial charge is 0.508 e. The maximum Gasteiger partial charge on any atom is 0.343 e. The van der Waals surface area contributed by atoms with Gasteiger partial charge >= 0.3 is 5.97 Å². The van der Waals surface area contributed by atoms with Crippen LogP contribution in [0.4, 0.5) is 0 Å². The number of carbonyl (C=O) groups excluding carboxylic acids is 1. The van der Waals surface area contributed by atoms with Crippen LogP contribution in [0.3, 0.4) is 0 Å². The van der Waals surface area contributed by atoms with Crippen molar-refractivity contribution in [3.05, 3.63) is 56.9 Å². The van der Waals surface area contributed by atoms with Crippen molar-refractivity contribution in [3.8, 4) is 17.1 Å². The summed E-state index contributed by atoms with van der Waals surface area (Å²) in [5.74, 6) is -0.527. The Balaban J connectivity index is 1.75. The lowest BCUT2D eigenvalue weighted by molar-refractivity contribution is -0.172. The summed E-state index contributed by atoms with van der Waals surface area (Å²) >= 11 is 0. The van der Waals surface area contributed by atoms with Gasteiger partial charge in [-0.3, -0.25) is 4.79 Å². The fourth-order valence-electron chi connectivity index (χ4n) is 4.71. The summed E-state index contributed by atoms with van der Waals surface area (Å²) in [5, 5.41) is 22.0. The van der Waals surface area contributed by atoms with Gasteiger partial charge in [0.05, 0.1) is 29.0 Å². The summed E-state index contributed by atoms with van der Waals surface area (Å²) in [6.45, 7) is 4.00. The molecule has 31 heavy (non-hydrogen) atoms. The van der Waals surface area contributed by atoms with Crippen LogP contribution in [0.15, 0.2) is 29.1 Å². The van der Waals surface area contributed by atoms with E-state index in [4.69, 9.17) is 9.72 Å². The first kappa shape index (κ1) is 19.8. The summed E-state index contributed by atoms with van der Waals surface area (Å²) in [5.41, 5.74) is 2.42. The average Bonchev–Trinajstić information content (AvgIpc) is 3.11. The molecule has 2 aliphatic heterocycles. The number of pyridine rings is 2. The number of nitrogens with zero attached hydrogens (tertiary/aromatic N) is 2. The summed E-state index contributed by atoms with van der Waals surface area (Å²) in [4.78, 5) is 30.4. The zero-order valence-corrected chi connectivity index (χ0v) is 17.6. The topological polar surface area (TPSA) is 102 Å². The fourth-order valence-corrected chi connectivity index (χ4v) is 4.71. The van der Waals surface area contributed by atoms with E-state index in [1.54, 1.807) is 29.7 Å². The van der Waals surface area contributed by atoms with Gasteiger partial charge in [-0.2, -0.15) is 0 Å². The maximum atomic E-state index is 13.2. The minimum Gasteiger partial charge on any atom is -0.508 e. The lowest BCUT2D eigenvalue weighted by atomic mass is 9.86. The van der Waals surface area contributed by atoms with E-state index >= 15 is 0 Å². The minimum absolute atomic E-state index is 0.111. The first-order valence-electron chi connectivity index (χ1n) is 10.7. The summed E-state index contributed by atoms with van der Waals surface area (Å²) in [7, 11) is 0. The molecule has 3 aromatic rings. The second-order valence-electron chi connectivity index (χ2n) is 8.38. The predicted molar refractivity (Wildman–Crippen MR) is 115 cm³/mol. The molecular formula is C24H24N2O5.